The molecular formula is C35H40N4O. The maximum Gasteiger partial charge on any atom is 0.258 e. The first-order chi connectivity index (χ1) is 19.0. The molecule has 40 heavy (non-hydrogen) atoms. The van der Waals surface area contributed by atoms with Crippen LogP contribution in [0, 0.1) is 62.3 Å². The summed E-state index contributed by atoms with van der Waals surface area (Å²) in [6.45, 7) is 18.7. The van der Waals surface area contributed by atoms with E-state index in [9.17, 15) is 4.79 Å². The first-order valence-corrected chi connectivity index (χ1v) is 13.7. The van der Waals surface area contributed by atoms with Crippen molar-refractivity contribution in [2.75, 3.05) is 0 Å². The summed E-state index contributed by atoms with van der Waals surface area (Å²) in [5.41, 5.74) is 12.4. The molecule has 0 saturated carbocycles. The number of rotatable bonds is 0. The maximum atomic E-state index is 11.9. The molecule has 0 amide bonds. The molecule has 0 atom stereocenters. The number of fused-ring (bicyclic) bond motifs is 4. The zero-order chi connectivity index (χ0) is 29.3. The van der Waals surface area contributed by atoms with Crippen LogP contribution in [0.15, 0.2) is 65.6 Å². The molecule has 0 spiro atoms. The summed E-state index contributed by atoms with van der Waals surface area (Å²) in [6.07, 6.45) is 2.17. The predicted octanol–water partition coefficient (Wildman–Crippen LogP) is 7.88. The Balaban J connectivity index is 0.000000143. The average Bonchev–Trinajstić information content (AvgIpc) is 3.20. The van der Waals surface area contributed by atoms with Crippen molar-refractivity contribution >= 4 is 27.1 Å². The van der Waals surface area contributed by atoms with Crippen molar-refractivity contribution in [3.63, 3.8) is 0 Å². The van der Waals surface area contributed by atoms with Gasteiger partial charge in [0, 0.05) is 35.4 Å². The lowest BCUT2D eigenvalue weighted by Crippen LogP contribution is -2.20. The second-order valence-corrected chi connectivity index (χ2v) is 10.7. The first-order valence-electron chi connectivity index (χ1n) is 13.7. The van der Waals surface area contributed by atoms with E-state index in [2.05, 4.69) is 92.7 Å². The van der Waals surface area contributed by atoms with Crippen LogP contribution in [0.2, 0.25) is 0 Å². The van der Waals surface area contributed by atoms with Crippen molar-refractivity contribution in [3.05, 3.63) is 122 Å². The van der Waals surface area contributed by atoms with Gasteiger partial charge in [-0.2, -0.15) is 10.2 Å². The number of aromatic nitrogens is 4. The van der Waals surface area contributed by atoms with Gasteiger partial charge >= 0.3 is 0 Å². The normalized spacial score (nSPS) is 10.8. The fraction of sp³-hybridized carbons (Fsp3) is 0.286. The number of benzene rings is 2. The van der Waals surface area contributed by atoms with E-state index >= 15 is 0 Å². The Kier molecular flexibility index (Phi) is 8.24. The van der Waals surface area contributed by atoms with Gasteiger partial charge in [0.15, 0.2) is 0 Å². The Morgan fingerprint density at radius 3 is 1.68 bits per heavy atom. The van der Waals surface area contributed by atoms with Crippen LogP contribution in [0.3, 0.4) is 0 Å². The van der Waals surface area contributed by atoms with Crippen molar-refractivity contribution < 1.29 is 0 Å². The van der Waals surface area contributed by atoms with Gasteiger partial charge in [-0.05, 0) is 113 Å². The molecule has 5 heteroatoms. The molecule has 5 nitrogen and oxygen atoms in total. The van der Waals surface area contributed by atoms with E-state index in [4.69, 9.17) is 0 Å². The lowest BCUT2D eigenvalue weighted by molar-refractivity contribution is 0.821. The SMILES string of the molecule is Cc1c(C)c2c3ccccc3ccn2c1C.Cc1c(C)n(C)c(=O)c2ccccc12.Cc1nnc(C)c(C)c1C. The molecule has 2 aromatic carbocycles. The van der Waals surface area contributed by atoms with Crippen LogP contribution in [0.1, 0.15) is 50.6 Å². The third-order valence-corrected chi connectivity index (χ3v) is 8.59. The highest BCUT2D eigenvalue weighted by molar-refractivity contribution is 5.98. The summed E-state index contributed by atoms with van der Waals surface area (Å²) < 4.78 is 4.00. The van der Waals surface area contributed by atoms with E-state index in [0.29, 0.717) is 0 Å². The van der Waals surface area contributed by atoms with Gasteiger partial charge in [-0.1, -0.05) is 42.5 Å². The Hall–Kier alpha value is -4.25. The quantitative estimate of drug-likeness (QED) is 0.200. The van der Waals surface area contributed by atoms with Gasteiger partial charge in [-0.15, -0.1) is 0 Å². The minimum absolute atomic E-state index is 0.0868. The number of hydrogen-bond donors (Lipinski definition) is 0. The summed E-state index contributed by atoms with van der Waals surface area (Å²) in [7, 11) is 1.82. The molecule has 0 unspecified atom stereocenters. The standard InChI is InChI=1S/C15H15N.C12H13NO.C8H12N2/c1-10-11(2)15-14-7-5-4-6-13(14)8-9-16(15)12(10)3;1-8-9(2)13(3)12(14)11-7-5-4-6-10(8)11;1-5-6(2)8(4)10-9-7(5)3/h4-9H,1-3H3;4-7H,1-3H3;1-4H3. The number of pyridine rings is 2. The van der Waals surface area contributed by atoms with Crippen LogP contribution < -0.4 is 5.56 Å². The van der Waals surface area contributed by atoms with Crippen LogP contribution in [-0.4, -0.2) is 19.2 Å². The highest BCUT2D eigenvalue weighted by Gasteiger charge is 2.10. The van der Waals surface area contributed by atoms with Crippen LogP contribution in [-0.2, 0) is 7.05 Å². The average molecular weight is 533 g/mol. The van der Waals surface area contributed by atoms with Gasteiger partial charge in [0.05, 0.1) is 16.9 Å². The van der Waals surface area contributed by atoms with Gasteiger partial charge < -0.3 is 8.97 Å². The van der Waals surface area contributed by atoms with Crippen LogP contribution in [0.25, 0.3) is 27.1 Å². The number of nitrogens with zero attached hydrogens (tertiary/aromatic N) is 4. The van der Waals surface area contributed by atoms with Crippen LogP contribution in [0.4, 0.5) is 0 Å². The zero-order valence-corrected chi connectivity index (χ0v) is 25.5. The van der Waals surface area contributed by atoms with Crippen molar-refractivity contribution in [3.8, 4) is 0 Å². The molecule has 0 bridgehead atoms. The second-order valence-electron chi connectivity index (χ2n) is 10.7. The summed E-state index contributed by atoms with van der Waals surface area (Å²) >= 11 is 0. The van der Waals surface area contributed by atoms with Crippen molar-refractivity contribution in [2.45, 2.75) is 62.3 Å². The Bertz CT molecular complexity index is 1900. The minimum Gasteiger partial charge on any atom is -0.320 e. The van der Waals surface area contributed by atoms with Crippen LogP contribution >= 0.6 is 0 Å². The molecule has 206 valence electrons. The van der Waals surface area contributed by atoms with Crippen molar-refractivity contribution in [1.82, 2.24) is 19.2 Å². The monoisotopic (exact) mass is 532 g/mol. The van der Waals surface area contributed by atoms with E-state index in [1.165, 1.54) is 49.8 Å². The summed E-state index contributed by atoms with van der Waals surface area (Å²) in [5.74, 6) is 0. The molecule has 0 aliphatic rings. The number of hydrogen-bond acceptors (Lipinski definition) is 3. The van der Waals surface area contributed by atoms with Crippen LogP contribution in [0.5, 0.6) is 0 Å². The molecule has 0 aliphatic carbocycles. The predicted molar refractivity (Wildman–Crippen MR) is 169 cm³/mol. The van der Waals surface area contributed by atoms with E-state index in [0.717, 1.165) is 27.9 Å². The summed E-state index contributed by atoms with van der Waals surface area (Å²) in [6, 6.07) is 18.5. The third-order valence-electron chi connectivity index (χ3n) is 8.59. The van der Waals surface area contributed by atoms with E-state index in [1.807, 2.05) is 52.1 Å². The van der Waals surface area contributed by atoms with Gasteiger partial charge in [0.1, 0.15) is 0 Å². The fourth-order valence-corrected chi connectivity index (χ4v) is 5.13. The largest absolute Gasteiger partial charge is 0.320 e. The smallest absolute Gasteiger partial charge is 0.258 e. The van der Waals surface area contributed by atoms with E-state index in [1.54, 1.807) is 4.57 Å². The number of aryl methyl sites for hydroxylation is 5. The van der Waals surface area contributed by atoms with Crippen molar-refractivity contribution in [1.29, 1.82) is 0 Å². The Morgan fingerprint density at radius 2 is 1.07 bits per heavy atom. The molecule has 4 aromatic heterocycles. The van der Waals surface area contributed by atoms with E-state index < -0.39 is 0 Å². The third kappa shape index (κ3) is 5.16. The summed E-state index contributed by atoms with van der Waals surface area (Å²) in [4.78, 5) is 11.9. The molecule has 0 saturated heterocycles. The Labute approximate surface area is 237 Å². The second kappa shape index (κ2) is 11.5. The van der Waals surface area contributed by atoms with Gasteiger partial charge in [-0.3, -0.25) is 4.79 Å². The zero-order valence-electron chi connectivity index (χ0n) is 25.5. The Morgan fingerprint density at radius 1 is 0.550 bits per heavy atom. The van der Waals surface area contributed by atoms with Crippen molar-refractivity contribution in [2.24, 2.45) is 7.05 Å². The molecule has 0 fully saturated rings. The lowest BCUT2D eigenvalue weighted by Gasteiger charge is -2.10. The molecule has 6 rings (SSSR count). The molecule has 0 N–H and O–H groups in total. The molecular weight excluding hydrogens is 492 g/mol. The maximum absolute atomic E-state index is 11.9. The highest BCUT2D eigenvalue weighted by atomic mass is 16.1. The highest BCUT2D eigenvalue weighted by Crippen LogP contribution is 2.28. The molecule has 4 heterocycles. The minimum atomic E-state index is 0.0868. The van der Waals surface area contributed by atoms with Gasteiger partial charge in [-0.25, -0.2) is 0 Å². The molecule has 0 aliphatic heterocycles. The lowest BCUT2D eigenvalue weighted by atomic mass is 10.1. The topological polar surface area (TPSA) is 52.2 Å². The van der Waals surface area contributed by atoms with E-state index in [-0.39, 0.29) is 5.56 Å². The fourth-order valence-electron chi connectivity index (χ4n) is 5.13. The van der Waals surface area contributed by atoms with Gasteiger partial charge in [0.2, 0.25) is 0 Å². The first kappa shape index (κ1) is 28.8. The molecule has 6 aromatic rings. The molecule has 0 radical (unpaired) electrons. The van der Waals surface area contributed by atoms with Gasteiger partial charge in [0.25, 0.3) is 5.56 Å². The summed E-state index contributed by atoms with van der Waals surface area (Å²) in [5, 5.41) is 12.5.